The van der Waals surface area contributed by atoms with Gasteiger partial charge in [0.05, 0.1) is 5.97 Å². The van der Waals surface area contributed by atoms with Crippen molar-refractivity contribution in [1.29, 1.82) is 0 Å². The Morgan fingerprint density at radius 2 is 1.74 bits per heavy atom. The van der Waals surface area contributed by atoms with E-state index < -0.39 is 28.9 Å². The SMILES string of the molecule is O=C([O-])c1cc(-c2ccc(F)cc2F)ccc1[O-].[Cu+2]. The topological polar surface area (TPSA) is 63.2 Å². The average molecular weight is 312 g/mol. The van der Waals surface area contributed by atoms with Crippen molar-refractivity contribution < 1.29 is 40.9 Å². The Labute approximate surface area is 118 Å². The van der Waals surface area contributed by atoms with Crippen molar-refractivity contribution in [3.63, 3.8) is 0 Å². The van der Waals surface area contributed by atoms with Crippen LogP contribution in [0.2, 0.25) is 0 Å². The second-order valence-electron chi connectivity index (χ2n) is 3.62. The molecule has 0 saturated heterocycles. The summed E-state index contributed by atoms with van der Waals surface area (Å²) >= 11 is 0. The Bertz CT molecular complexity index is 629. The summed E-state index contributed by atoms with van der Waals surface area (Å²) in [4.78, 5) is 10.7. The molecule has 0 amide bonds. The average Bonchev–Trinajstić information content (AvgIpc) is 2.30. The van der Waals surface area contributed by atoms with Crippen molar-refractivity contribution in [3.05, 3.63) is 53.6 Å². The van der Waals surface area contributed by atoms with Crippen molar-refractivity contribution in [2.24, 2.45) is 0 Å². The van der Waals surface area contributed by atoms with E-state index in [1.165, 1.54) is 12.1 Å². The summed E-state index contributed by atoms with van der Waals surface area (Å²) < 4.78 is 26.2. The standard InChI is InChI=1S/C13H8F2O3.Cu/c14-8-2-3-9(11(15)6-8)7-1-4-12(16)10(5-7)13(17)18;/h1-6,16H,(H,17,18);/q;+2/p-2. The van der Waals surface area contributed by atoms with Crippen LogP contribution in [0.15, 0.2) is 36.4 Å². The van der Waals surface area contributed by atoms with Crippen molar-refractivity contribution in [1.82, 2.24) is 0 Å². The van der Waals surface area contributed by atoms with Gasteiger partial charge in [-0.25, -0.2) is 8.78 Å². The summed E-state index contributed by atoms with van der Waals surface area (Å²) in [7, 11) is 0. The molecule has 0 fully saturated rings. The Balaban J connectivity index is 0.00000180. The van der Waals surface area contributed by atoms with Gasteiger partial charge in [-0.1, -0.05) is 17.9 Å². The van der Waals surface area contributed by atoms with Gasteiger partial charge in [0.25, 0.3) is 0 Å². The van der Waals surface area contributed by atoms with Crippen LogP contribution in [0.25, 0.3) is 11.1 Å². The molecule has 2 aromatic rings. The van der Waals surface area contributed by atoms with Crippen molar-refractivity contribution in [2.75, 3.05) is 0 Å². The van der Waals surface area contributed by atoms with E-state index in [0.717, 1.165) is 18.2 Å². The monoisotopic (exact) mass is 311 g/mol. The molecule has 0 saturated carbocycles. The molecule has 0 N–H and O–H groups in total. The molecule has 0 spiro atoms. The number of carboxylic acid groups (broad SMARTS) is 1. The van der Waals surface area contributed by atoms with E-state index in [1.807, 2.05) is 0 Å². The summed E-state index contributed by atoms with van der Waals surface area (Å²) in [5, 5.41) is 21.9. The number of hydrogen-bond donors (Lipinski definition) is 0. The predicted molar refractivity (Wildman–Crippen MR) is 55.6 cm³/mol. The number of carbonyl (C=O) groups excluding carboxylic acids is 1. The summed E-state index contributed by atoms with van der Waals surface area (Å²) in [6.45, 7) is 0. The van der Waals surface area contributed by atoms with Crippen molar-refractivity contribution in [3.8, 4) is 16.9 Å². The summed E-state index contributed by atoms with van der Waals surface area (Å²) in [6, 6.07) is 6.17. The van der Waals surface area contributed by atoms with Gasteiger partial charge in [-0.3, -0.25) is 0 Å². The Kier molecular flexibility index (Phi) is 4.64. The van der Waals surface area contributed by atoms with E-state index in [1.54, 1.807) is 0 Å². The zero-order valence-electron chi connectivity index (χ0n) is 9.25. The Morgan fingerprint density at radius 1 is 1.05 bits per heavy atom. The number of halogens is 2. The molecule has 3 nitrogen and oxygen atoms in total. The molecule has 2 aromatic carbocycles. The third kappa shape index (κ3) is 3.10. The van der Waals surface area contributed by atoms with Gasteiger partial charge in [0.1, 0.15) is 11.6 Å². The van der Waals surface area contributed by atoms with E-state index in [0.29, 0.717) is 6.07 Å². The zero-order chi connectivity index (χ0) is 13.3. The first-order chi connectivity index (χ1) is 8.49. The molecule has 6 heteroatoms. The van der Waals surface area contributed by atoms with Gasteiger partial charge < -0.3 is 15.0 Å². The van der Waals surface area contributed by atoms with Crippen LogP contribution in [0.4, 0.5) is 8.78 Å². The maximum absolute atomic E-state index is 13.5. The fourth-order valence-corrected chi connectivity index (χ4v) is 1.58. The summed E-state index contributed by atoms with van der Waals surface area (Å²) in [5.41, 5.74) is -0.374. The van der Waals surface area contributed by atoms with Crippen LogP contribution in [-0.4, -0.2) is 5.97 Å². The van der Waals surface area contributed by atoms with Crippen molar-refractivity contribution >= 4 is 5.97 Å². The van der Waals surface area contributed by atoms with Gasteiger partial charge in [0.2, 0.25) is 0 Å². The smallest absolute Gasteiger partial charge is 0.872 e. The van der Waals surface area contributed by atoms with Crippen LogP contribution in [0.3, 0.4) is 0 Å². The molecule has 0 bridgehead atoms. The summed E-state index contributed by atoms with van der Waals surface area (Å²) in [6.07, 6.45) is 0. The molecule has 0 aliphatic heterocycles. The third-order valence-electron chi connectivity index (χ3n) is 2.44. The normalized spacial score (nSPS) is 9.79. The third-order valence-corrected chi connectivity index (χ3v) is 2.44. The van der Waals surface area contributed by atoms with Crippen LogP contribution >= 0.6 is 0 Å². The number of rotatable bonds is 2. The van der Waals surface area contributed by atoms with Gasteiger partial charge in [-0.05, 0) is 29.3 Å². The zero-order valence-corrected chi connectivity index (χ0v) is 10.2. The fraction of sp³-hybridized carbons (Fsp3) is 0. The maximum Gasteiger partial charge on any atom is 2.00 e. The molecule has 0 heterocycles. The van der Waals surface area contributed by atoms with Crippen molar-refractivity contribution in [2.45, 2.75) is 0 Å². The molecule has 101 valence electrons. The molecule has 19 heavy (non-hydrogen) atoms. The first-order valence-corrected chi connectivity index (χ1v) is 4.97. The van der Waals surface area contributed by atoms with Gasteiger partial charge in [0.15, 0.2) is 0 Å². The minimum atomic E-state index is -1.63. The second kappa shape index (κ2) is 5.82. The quantitative estimate of drug-likeness (QED) is 0.779. The molecule has 2 rings (SSSR count). The van der Waals surface area contributed by atoms with E-state index in [9.17, 15) is 23.8 Å². The Hall–Kier alpha value is -1.91. The van der Waals surface area contributed by atoms with Gasteiger partial charge >= 0.3 is 17.1 Å². The molecule has 0 aliphatic rings. The maximum atomic E-state index is 13.5. The largest absolute Gasteiger partial charge is 2.00 e. The van der Waals surface area contributed by atoms with Gasteiger partial charge in [-0.15, -0.1) is 0 Å². The summed E-state index contributed by atoms with van der Waals surface area (Å²) in [5.74, 6) is -3.93. The van der Waals surface area contributed by atoms with Gasteiger partial charge in [0, 0.05) is 11.6 Å². The molecule has 0 aliphatic carbocycles. The molecule has 0 unspecified atom stereocenters. The fourth-order valence-electron chi connectivity index (χ4n) is 1.58. The number of carbonyl (C=O) groups is 1. The van der Waals surface area contributed by atoms with Crippen LogP contribution in [0, 0.1) is 11.6 Å². The van der Waals surface area contributed by atoms with Crippen LogP contribution in [0.1, 0.15) is 10.4 Å². The first kappa shape index (κ1) is 15.1. The number of aromatic carboxylic acids is 1. The second-order valence-corrected chi connectivity index (χ2v) is 3.62. The van der Waals surface area contributed by atoms with Crippen LogP contribution < -0.4 is 10.2 Å². The Morgan fingerprint density at radius 3 is 2.32 bits per heavy atom. The predicted octanol–water partition coefficient (Wildman–Crippen LogP) is 1.07. The van der Waals surface area contributed by atoms with E-state index in [-0.39, 0.29) is 28.2 Å². The minimum absolute atomic E-state index is 0. The first-order valence-electron chi connectivity index (χ1n) is 4.97. The number of benzene rings is 2. The van der Waals surface area contributed by atoms with Gasteiger partial charge in [-0.2, -0.15) is 0 Å². The van der Waals surface area contributed by atoms with E-state index in [2.05, 4.69) is 0 Å². The van der Waals surface area contributed by atoms with Crippen LogP contribution in [-0.2, 0) is 17.1 Å². The number of carboxylic acids is 1. The molecule has 0 aromatic heterocycles. The molecular weight excluding hydrogens is 306 g/mol. The molecule has 1 radical (unpaired) electrons. The minimum Gasteiger partial charge on any atom is -0.872 e. The molecule has 0 atom stereocenters. The van der Waals surface area contributed by atoms with E-state index >= 15 is 0 Å². The molecular formula is C13H6CuF2O3. The number of hydrogen-bond acceptors (Lipinski definition) is 3. The van der Waals surface area contributed by atoms with E-state index in [4.69, 9.17) is 0 Å². The van der Waals surface area contributed by atoms with Crippen LogP contribution in [0.5, 0.6) is 5.75 Å².